The Labute approximate surface area is 190 Å². The largest absolute Gasteiger partial charge is 0.423 e. The van der Waals surface area contributed by atoms with Crippen molar-refractivity contribution in [1.29, 1.82) is 0 Å². The summed E-state index contributed by atoms with van der Waals surface area (Å²) in [6, 6.07) is 2.75. The third-order valence-corrected chi connectivity index (χ3v) is 6.31. The van der Waals surface area contributed by atoms with Crippen LogP contribution < -0.4 is 5.32 Å². The van der Waals surface area contributed by atoms with Crippen LogP contribution >= 0.6 is 11.6 Å². The lowest BCUT2D eigenvalue weighted by Crippen LogP contribution is -2.70. The molecule has 1 aliphatic carbocycles. The number of nitrogens with one attached hydrogen (secondary N) is 1. The van der Waals surface area contributed by atoms with Crippen molar-refractivity contribution >= 4 is 23.3 Å². The lowest BCUT2D eigenvalue weighted by Gasteiger charge is -2.61. The van der Waals surface area contributed by atoms with E-state index >= 15 is 0 Å². The fourth-order valence-corrected chi connectivity index (χ4v) is 5.11. The number of halogens is 4. The number of rotatable bonds is 3. The molecule has 0 spiro atoms. The SMILES string of the molecule is Cc1nnc([C@]23C[C@@H](C)C[C@H](C2)N3C(=O)Nc2ccc(C(F)(F)F)c(-n3ncc(Cl)n3)c2)o1. The topological polar surface area (TPSA) is 102 Å². The number of alkyl halides is 3. The van der Waals surface area contributed by atoms with Crippen LogP contribution in [0, 0.1) is 12.8 Å². The standard InChI is InChI=1S/C20H19ClF3N7O2/c1-10-5-13-8-19(7-10,17-28-27-11(2)33-17)30(13)18(32)26-12-3-4-14(20(22,23)24)15(6-12)31-25-9-16(21)29-31/h3-4,6,9-10,13H,5,7-8H2,1-2H3,(H,26,32)/t10-,13+,19-/m0/s1. The summed E-state index contributed by atoms with van der Waals surface area (Å²) >= 11 is 5.74. The summed E-state index contributed by atoms with van der Waals surface area (Å²) in [4.78, 5) is 15.7. The molecule has 174 valence electrons. The second-order valence-electron chi connectivity index (χ2n) is 8.55. The van der Waals surface area contributed by atoms with Crippen LogP contribution in [0.5, 0.6) is 0 Å². The quantitative estimate of drug-likeness (QED) is 0.588. The number of nitrogens with zero attached hydrogens (tertiary/aromatic N) is 6. The second kappa shape index (κ2) is 7.44. The summed E-state index contributed by atoms with van der Waals surface area (Å²) in [7, 11) is 0. The summed E-state index contributed by atoms with van der Waals surface area (Å²) in [5.41, 5.74) is -1.88. The van der Waals surface area contributed by atoms with Gasteiger partial charge in [0.25, 0.3) is 0 Å². The molecule has 33 heavy (non-hydrogen) atoms. The Morgan fingerprint density at radius 3 is 2.73 bits per heavy atom. The van der Waals surface area contributed by atoms with Gasteiger partial charge in [-0.05, 0) is 37.0 Å². The number of carbonyl (C=O) groups is 1. The summed E-state index contributed by atoms with van der Waals surface area (Å²) in [5, 5.41) is 18.3. The van der Waals surface area contributed by atoms with E-state index in [-0.39, 0.29) is 22.6 Å². The first-order valence-electron chi connectivity index (χ1n) is 10.3. The predicted molar refractivity (Wildman–Crippen MR) is 110 cm³/mol. The van der Waals surface area contributed by atoms with Crippen molar-refractivity contribution in [2.75, 3.05) is 5.32 Å². The highest BCUT2D eigenvalue weighted by Crippen LogP contribution is 2.55. The summed E-state index contributed by atoms with van der Waals surface area (Å²) in [5.74, 6) is 1.13. The molecular formula is C20H19ClF3N7O2. The minimum absolute atomic E-state index is 0.0264. The molecule has 9 nitrogen and oxygen atoms in total. The molecule has 2 fully saturated rings. The highest BCUT2D eigenvalue weighted by atomic mass is 35.5. The van der Waals surface area contributed by atoms with Gasteiger partial charge in [-0.15, -0.1) is 20.1 Å². The van der Waals surface area contributed by atoms with Crippen LogP contribution in [0.25, 0.3) is 5.69 Å². The van der Waals surface area contributed by atoms with Crippen molar-refractivity contribution in [2.24, 2.45) is 5.92 Å². The van der Waals surface area contributed by atoms with Gasteiger partial charge >= 0.3 is 12.2 Å². The minimum atomic E-state index is -4.65. The fraction of sp³-hybridized carbons (Fsp3) is 0.450. The van der Waals surface area contributed by atoms with E-state index in [1.54, 1.807) is 11.8 Å². The van der Waals surface area contributed by atoms with Crippen LogP contribution in [0.2, 0.25) is 5.15 Å². The number of urea groups is 1. The molecule has 2 aromatic heterocycles. The number of fused-ring (bicyclic) bond motifs is 2. The van der Waals surface area contributed by atoms with Gasteiger partial charge in [0, 0.05) is 25.1 Å². The monoisotopic (exact) mass is 481 g/mol. The molecule has 5 rings (SSSR count). The number of likely N-dealkylation sites (tertiary alicyclic amines) is 1. The van der Waals surface area contributed by atoms with Gasteiger partial charge in [0.2, 0.25) is 11.8 Å². The first-order valence-corrected chi connectivity index (χ1v) is 10.6. The summed E-state index contributed by atoms with van der Waals surface area (Å²) in [6.07, 6.45) is -1.35. The third-order valence-electron chi connectivity index (χ3n) is 6.14. The van der Waals surface area contributed by atoms with Crippen molar-refractivity contribution in [1.82, 2.24) is 30.1 Å². The van der Waals surface area contributed by atoms with E-state index in [1.165, 1.54) is 12.1 Å². The van der Waals surface area contributed by atoms with Crippen molar-refractivity contribution in [3.63, 3.8) is 0 Å². The zero-order chi connectivity index (χ0) is 23.5. The van der Waals surface area contributed by atoms with Gasteiger partial charge < -0.3 is 14.6 Å². The molecule has 1 aromatic carbocycles. The van der Waals surface area contributed by atoms with Gasteiger partial charge in [-0.25, -0.2) is 4.79 Å². The number of hydrogen-bond acceptors (Lipinski definition) is 6. The third kappa shape index (κ3) is 3.62. The van der Waals surface area contributed by atoms with Crippen LogP contribution in [0.3, 0.4) is 0 Å². The van der Waals surface area contributed by atoms with Gasteiger partial charge in [-0.3, -0.25) is 0 Å². The number of amides is 2. The van der Waals surface area contributed by atoms with E-state index in [1.807, 2.05) is 0 Å². The molecule has 1 N–H and O–H groups in total. The average molecular weight is 482 g/mol. The van der Waals surface area contributed by atoms with Crippen molar-refractivity contribution in [3.8, 4) is 5.69 Å². The summed E-state index contributed by atoms with van der Waals surface area (Å²) < 4.78 is 46.3. The molecule has 3 aromatic rings. The molecule has 1 saturated heterocycles. The van der Waals surface area contributed by atoms with E-state index in [9.17, 15) is 18.0 Å². The molecule has 1 aliphatic heterocycles. The highest BCUT2D eigenvalue weighted by Gasteiger charge is 2.62. The van der Waals surface area contributed by atoms with Crippen molar-refractivity contribution in [3.05, 3.63) is 46.9 Å². The Bertz CT molecular complexity index is 1230. The molecule has 2 aliphatic rings. The van der Waals surface area contributed by atoms with Crippen LogP contribution in [-0.4, -0.2) is 42.2 Å². The molecular weight excluding hydrogens is 463 g/mol. The zero-order valence-electron chi connectivity index (χ0n) is 17.6. The fourth-order valence-electron chi connectivity index (χ4n) is 4.99. The first kappa shape index (κ1) is 21.7. The molecule has 1 saturated carbocycles. The lowest BCUT2D eigenvalue weighted by atomic mass is 9.64. The minimum Gasteiger partial charge on any atom is -0.423 e. The van der Waals surface area contributed by atoms with Crippen molar-refractivity contribution in [2.45, 2.75) is 50.9 Å². The Morgan fingerprint density at radius 1 is 1.30 bits per heavy atom. The number of piperidine rings is 1. The van der Waals surface area contributed by atoms with E-state index in [4.69, 9.17) is 16.0 Å². The number of hydrogen-bond donors (Lipinski definition) is 1. The summed E-state index contributed by atoms with van der Waals surface area (Å²) in [6.45, 7) is 3.78. The Hall–Kier alpha value is -3.15. The van der Waals surface area contributed by atoms with Gasteiger partial charge in [0.15, 0.2) is 5.15 Å². The van der Waals surface area contributed by atoms with Gasteiger partial charge in [0.1, 0.15) is 5.54 Å². The smallest absolute Gasteiger partial charge is 0.418 e. The normalized spacial score (nSPS) is 24.5. The van der Waals surface area contributed by atoms with E-state index in [0.29, 0.717) is 30.5 Å². The van der Waals surface area contributed by atoms with E-state index < -0.39 is 23.3 Å². The average Bonchev–Trinajstić information content (AvgIpc) is 3.35. The number of carbonyl (C=O) groups excluding carboxylic acids is 1. The second-order valence-corrected chi connectivity index (χ2v) is 8.93. The van der Waals surface area contributed by atoms with E-state index in [2.05, 4.69) is 32.6 Å². The van der Waals surface area contributed by atoms with Crippen LogP contribution in [-0.2, 0) is 11.7 Å². The maximum absolute atomic E-state index is 13.5. The Morgan fingerprint density at radius 2 is 2.09 bits per heavy atom. The number of aromatic nitrogens is 5. The van der Waals surface area contributed by atoms with Crippen LogP contribution in [0.4, 0.5) is 23.7 Å². The number of benzene rings is 1. The number of aryl methyl sites for hydroxylation is 1. The molecule has 0 radical (unpaired) electrons. The molecule has 0 unspecified atom stereocenters. The van der Waals surface area contributed by atoms with Gasteiger partial charge in [0.05, 0.1) is 17.4 Å². The maximum atomic E-state index is 13.5. The highest BCUT2D eigenvalue weighted by molar-refractivity contribution is 6.29. The first-order chi connectivity index (χ1) is 15.6. The molecule has 13 heteroatoms. The predicted octanol–water partition coefficient (Wildman–Crippen LogP) is 4.56. The van der Waals surface area contributed by atoms with Crippen molar-refractivity contribution < 1.29 is 22.4 Å². The molecule has 2 amide bonds. The number of anilines is 1. The van der Waals surface area contributed by atoms with E-state index in [0.717, 1.165) is 23.5 Å². The molecule has 2 bridgehead atoms. The lowest BCUT2D eigenvalue weighted by molar-refractivity contribution is -0.137. The Balaban J connectivity index is 1.46. The Kier molecular flexibility index (Phi) is 4.89. The molecule has 3 heterocycles. The maximum Gasteiger partial charge on any atom is 0.418 e. The molecule has 3 atom stereocenters. The zero-order valence-corrected chi connectivity index (χ0v) is 18.4. The van der Waals surface area contributed by atoms with Crippen LogP contribution in [0.15, 0.2) is 28.8 Å². The van der Waals surface area contributed by atoms with Gasteiger partial charge in [-0.1, -0.05) is 18.5 Å². The van der Waals surface area contributed by atoms with Crippen LogP contribution in [0.1, 0.15) is 43.5 Å². The van der Waals surface area contributed by atoms with Gasteiger partial charge in [-0.2, -0.15) is 18.3 Å².